The largest absolute Gasteiger partial charge is 0.416 e. The van der Waals surface area contributed by atoms with Gasteiger partial charge in [-0.1, -0.05) is 34.1 Å². The van der Waals surface area contributed by atoms with Crippen molar-refractivity contribution in [1.82, 2.24) is 4.90 Å². The van der Waals surface area contributed by atoms with E-state index in [9.17, 15) is 18.0 Å². The summed E-state index contributed by atoms with van der Waals surface area (Å²) >= 11 is 11.0. The molecule has 1 fully saturated rings. The molecule has 3 rings (SSSR count). The highest BCUT2D eigenvalue weighted by atomic mass is 79.9. The van der Waals surface area contributed by atoms with Crippen molar-refractivity contribution < 1.29 is 18.0 Å². The Balaban J connectivity index is 1.97. The van der Waals surface area contributed by atoms with Crippen LogP contribution in [0.5, 0.6) is 0 Å². The fourth-order valence-electron chi connectivity index (χ4n) is 2.67. The lowest BCUT2D eigenvalue weighted by Crippen LogP contribution is -2.32. The summed E-state index contributed by atoms with van der Waals surface area (Å²) in [6, 6.07) is 5.10. The zero-order valence-electron chi connectivity index (χ0n) is 12.2. The lowest BCUT2D eigenvalue weighted by molar-refractivity contribution is -0.137. The molecule has 1 aromatic carbocycles. The molecule has 1 aliphatic carbocycles. The molecule has 2 atom stereocenters. The molecule has 0 bridgehead atoms. The van der Waals surface area contributed by atoms with Crippen LogP contribution in [0.4, 0.5) is 13.2 Å². The van der Waals surface area contributed by atoms with Gasteiger partial charge in [0.1, 0.15) is 5.37 Å². The first-order valence-electron chi connectivity index (χ1n) is 7.08. The first-order valence-corrected chi connectivity index (χ1v) is 9.36. The molecule has 1 amide bonds. The molecule has 2 unspecified atom stereocenters. The lowest BCUT2D eigenvalue weighted by atomic mass is 10.1. The van der Waals surface area contributed by atoms with Gasteiger partial charge in [0.25, 0.3) is 0 Å². The van der Waals surface area contributed by atoms with Crippen molar-refractivity contribution in [3.8, 4) is 0 Å². The average Bonchev–Trinajstić information content (AvgIpc) is 2.88. The van der Waals surface area contributed by atoms with Crippen LogP contribution in [0.25, 0.3) is 0 Å². The number of allylic oxidation sites excluding steroid dienone is 4. The third kappa shape index (κ3) is 3.53. The topological polar surface area (TPSA) is 20.3 Å². The molecule has 0 saturated carbocycles. The molecule has 0 spiro atoms. The van der Waals surface area contributed by atoms with E-state index in [-0.39, 0.29) is 11.7 Å². The summed E-state index contributed by atoms with van der Waals surface area (Å²) in [4.78, 5) is 13.8. The van der Waals surface area contributed by atoms with E-state index in [2.05, 4.69) is 15.9 Å². The molecule has 0 N–H and O–H groups in total. The minimum Gasteiger partial charge on any atom is -0.297 e. The fraction of sp³-hybridized carbons (Fsp3) is 0.312. The number of carbonyl (C=O) groups excluding carboxylic acids is 1. The van der Waals surface area contributed by atoms with E-state index < -0.39 is 22.5 Å². The summed E-state index contributed by atoms with van der Waals surface area (Å²) in [6.07, 6.45) is -0.318. The van der Waals surface area contributed by atoms with Gasteiger partial charge in [-0.2, -0.15) is 13.2 Å². The maximum absolute atomic E-state index is 13.0. The Labute approximate surface area is 154 Å². The van der Waals surface area contributed by atoms with Crippen molar-refractivity contribution in [1.29, 1.82) is 0 Å². The lowest BCUT2D eigenvalue weighted by Gasteiger charge is -2.31. The number of alkyl halides is 4. The van der Waals surface area contributed by atoms with Gasteiger partial charge in [0, 0.05) is 12.1 Å². The molecule has 8 heteroatoms. The summed E-state index contributed by atoms with van der Waals surface area (Å²) < 4.78 is 39.8. The normalized spacial score (nSPS) is 24.9. The number of hydrogen-bond donors (Lipinski definition) is 0. The van der Waals surface area contributed by atoms with Crippen LogP contribution in [0, 0.1) is 0 Å². The van der Waals surface area contributed by atoms with E-state index >= 15 is 0 Å². The number of rotatable bonds is 2. The number of halogens is 5. The highest BCUT2D eigenvalue weighted by Crippen LogP contribution is 2.45. The zero-order valence-corrected chi connectivity index (χ0v) is 15.3. The Hall–Kier alpha value is -0.920. The third-order valence-corrected chi connectivity index (χ3v) is 5.95. The van der Waals surface area contributed by atoms with E-state index in [1.54, 1.807) is 12.1 Å². The standard InChI is InChI=1S/C16H12BrClF3NOS/c17-11-4-5-13(12(18)7-11)22-14(23)8-24-15(22)9-2-1-3-10(6-9)16(19,20)21/h1-6,12,15H,7-8H2. The van der Waals surface area contributed by atoms with E-state index in [4.69, 9.17) is 11.6 Å². The van der Waals surface area contributed by atoms with Crippen LogP contribution in [-0.4, -0.2) is 21.9 Å². The minimum absolute atomic E-state index is 0.147. The Morgan fingerprint density at radius 1 is 1.29 bits per heavy atom. The molecule has 0 radical (unpaired) electrons. The number of amides is 1. The highest BCUT2D eigenvalue weighted by Gasteiger charge is 2.39. The second kappa shape index (κ2) is 6.77. The van der Waals surface area contributed by atoms with Gasteiger partial charge in [-0.15, -0.1) is 23.4 Å². The van der Waals surface area contributed by atoms with Crippen molar-refractivity contribution in [2.75, 3.05) is 5.75 Å². The molecule has 24 heavy (non-hydrogen) atoms. The summed E-state index contributed by atoms with van der Waals surface area (Å²) in [5, 5.41) is -0.905. The predicted molar refractivity (Wildman–Crippen MR) is 92.8 cm³/mol. The molecule has 1 saturated heterocycles. The van der Waals surface area contributed by atoms with Crippen LogP contribution in [0.1, 0.15) is 22.9 Å². The van der Waals surface area contributed by atoms with Gasteiger partial charge in [0.15, 0.2) is 0 Å². The summed E-state index contributed by atoms with van der Waals surface area (Å²) in [7, 11) is 0. The van der Waals surface area contributed by atoms with Gasteiger partial charge in [-0.25, -0.2) is 0 Å². The third-order valence-electron chi connectivity index (χ3n) is 3.78. The molecular formula is C16H12BrClF3NOS. The molecule has 1 aromatic rings. The van der Waals surface area contributed by atoms with Crippen molar-refractivity contribution >= 4 is 45.2 Å². The van der Waals surface area contributed by atoms with Gasteiger partial charge < -0.3 is 0 Å². The molecular weight excluding hydrogens is 427 g/mol. The number of carbonyl (C=O) groups is 1. The van der Waals surface area contributed by atoms with Crippen molar-refractivity contribution in [2.24, 2.45) is 0 Å². The van der Waals surface area contributed by atoms with Crippen LogP contribution >= 0.6 is 39.3 Å². The van der Waals surface area contributed by atoms with Crippen LogP contribution in [-0.2, 0) is 11.0 Å². The average molecular weight is 439 g/mol. The van der Waals surface area contributed by atoms with E-state index in [0.29, 0.717) is 17.7 Å². The van der Waals surface area contributed by atoms with Crippen molar-refractivity contribution in [3.05, 3.63) is 57.7 Å². The van der Waals surface area contributed by atoms with Gasteiger partial charge in [0.05, 0.1) is 16.7 Å². The molecule has 2 aliphatic rings. The smallest absolute Gasteiger partial charge is 0.297 e. The van der Waals surface area contributed by atoms with E-state index in [1.165, 1.54) is 22.7 Å². The number of hydrogen-bond acceptors (Lipinski definition) is 2. The molecule has 1 heterocycles. The second-order valence-electron chi connectivity index (χ2n) is 5.43. The molecule has 128 valence electrons. The number of thioether (sulfide) groups is 1. The quantitative estimate of drug-likeness (QED) is 0.572. The van der Waals surface area contributed by atoms with E-state index in [1.807, 2.05) is 6.08 Å². The highest BCUT2D eigenvalue weighted by molar-refractivity contribution is 9.11. The van der Waals surface area contributed by atoms with Crippen LogP contribution in [0.2, 0.25) is 0 Å². The maximum atomic E-state index is 13.0. The van der Waals surface area contributed by atoms with Crippen molar-refractivity contribution in [3.63, 3.8) is 0 Å². The second-order valence-corrected chi connectivity index (χ2v) is 8.04. The van der Waals surface area contributed by atoms with Crippen LogP contribution in [0.15, 0.2) is 46.6 Å². The maximum Gasteiger partial charge on any atom is 0.416 e. The van der Waals surface area contributed by atoms with Gasteiger partial charge in [0.2, 0.25) is 5.91 Å². The molecule has 2 nitrogen and oxygen atoms in total. The SMILES string of the molecule is O=C1CSC(c2cccc(C(F)(F)F)c2)N1C1=CC=C(Br)CC1Cl. The van der Waals surface area contributed by atoms with Crippen LogP contribution < -0.4 is 0 Å². The van der Waals surface area contributed by atoms with Gasteiger partial charge in [-0.05, 0) is 28.3 Å². The molecule has 1 aliphatic heterocycles. The van der Waals surface area contributed by atoms with Gasteiger partial charge in [-0.3, -0.25) is 9.69 Å². The first-order chi connectivity index (χ1) is 11.3. The first kappa shape index (κ1) is 17.9. The Morgan fingerprint density at radius 2 is 2.04 bits per heavy atom. The summed E-state index contributed by atoms with van der Waals surface area (Å²) in [5.41, 5.74) is 0.346. The summed E-state index contributed by atoms with van der Waals surface area (Å²) in [5.74, 6) is 0.0676. The Bertz CT molecular complexity index is 734. The monoisotopic (exact) mass is 437 g/mol. The minimum atomic E-state index is -4.42. The van der Waals surface area contributed by atoms with Crippen molar-refractivity contribution in [2.45, 2.75) is 23.3 Å². The molecule has 0 aromatic heterocycles. The van der Waals surface area contributed by atoms with E-state index in [0.717, 1.165) is 16.6 Å². The summed E-state index contributed by atoms with van der Waals surface area (Å²) in [6.45, 7) is 0. The van der Waals surface area contributed by atoms with Crippen LogP contribution in [0.3, 0.4) is 0 Å². The number of benzene rings is 1. The predicted octanol–water partition coefficient (Wildman–Crippen LogP) is 5.45. The van der Waals surface area contributed by atoms with Gasteiger partial charge >= 0.3 is 6.18 Å². The fourth-order valence-corrected chi connectivity index (χ4v) is 4.83. The Kier molecular flexibility index (Phi) is 5.04. The Morgan fingerprint density at radius 3 is 2.71 bits per heavy atom. The number of nitrogens with zero attached hydrogens (tertiary/aromatic N) is 1. The zero-order chi connectivity index (χ0) is 17.5.